The lowest BCUT2D eigenvalue weighted by Crippen LogP contribution is -2.18. The van der Waals surface area contributed by atoms with Crippen LogP contribution in [-0.2, 0) is 19.5 Å². The molecule has 0 saturated heterocycles. The fraction of sp³-hybridized carbons (Fsp3) is 0.289. The average molecular weight is 1070 g/mol. The van der Waals surface area contributed by atoms with Crippen molar-refractivity contribution in [2.24, 2.45) is 0 Å². The Morgan fingerprint density at radius 2 is 0.475 bits per heavy atom. The largest absolute Gasteiger partial charge is 0.344 e. The van der Waals surface area contributed by atoms with Crippen LogP contribution in [0, 0.1) is 0 Å². The Bertz CT molecular complexity index is 3070. The molecule has 424 valence electrons. The van der Waals surface area contributed by atoms with Crippen LogP contribution in [-0.4, -0.2) is 16.2 Å². The van der Waals surface area contributed by atoms with Crippen LogP contribution in [0.4, 0.5) is 28.4 Å². The van der Waals surface area contributed by atoms with Gasteiger partial charge in [0.25, 0.3) is 0 Å². The minimum Gasteiger partial charge on any atom is -0.344 e. The van der Waals surface area contributed by atoms with Crippen molar-refractivity contribution in [3.8, 4) is 0 Å². The minimum atomic E-state index is 0.794. The van der Waals surface area contributed by atoms with Crippen LogP contribution in [0.1, 0.15) is 147 Å². The fourth-order valence-corrected chi connectivity index (χ4v) is 9.71. The molecule has 2 aromatic heterocycles. The molecule has 4 heterocycles. The zero-order chi connectivity index (χ0) is 59.4. The van der Waals surface area contributed by atoms with Gasteiger partial charge in [0.1, 0.15) is 6.67 Å². The number of benzene rings is 9. The van der Waals surface area contributed by atoms with Gasteiger partial charge in [0.05, 0.1) is 22.1 Å². The van der Waals surface area contributed by atoms with Crippen molar-refractivity contribution in [1.29, 1.82) is 0 Å². The van der Waals surface area contributed by atoms with E-state index in [2.05, 4.69) is 250 Å². The maximum Gasteiger partial charge on any atom is 0.100 e. The van der Waals surface area contributed by atoms with E-state index in [0.717, 1.165) is 19.5 Å². The summed E-state index contributed by atoms with van der Waals surface area (Å²) in [6.45, 7) is 36.8. The van der Waals surface area contributed by atoms with Gasteiger partial charge in [-0.25, -0.2) is 0 Å². The highest BCUT2D eigenvalue weighted by Crippen LogP contribution is 2.43. The first kappa shape index (κ1) is 68.3. The van der Waals surface area contributed by atoms with Crippen LogP contribution in [0.5, 0.6) is 0 Å². The van der Waals surface area contributed by atoms with E-state index in [9.17, 15) is 0 Å². The zero-order valence-electron chi connectivity index (χ0n) is 52.8. The molecule has 4 heteroatoms. The summed E-state index contributed by atoms with van der Waals surface area (Å²) in [6.07, 6.45) is 2.06. The first-order valence-electron chi connectivity index (χ1n) is 30.5. The Hall–Kier alpha value is -7.82. The molecule has 0 aliphatic carbocycles. The molecular weight excluding hydrogens is 969 g/mol. The summed E-state index contributed by atoms with van der Waals surface area (Å²) in [5.74, 6) is 0. The Balaban J connectivity index is 0.000000368. The molecule has 0 saturated carbocycles. The number of nitrogens with zero attached hydrogens (tertiary/aromatic N) is 4. The van der Waals surface area contributed by atoms with Crippen molar-refractivity contribution < 1.29 is 0 Å². The van der Waals surface area contributed by atoms with Crippen molar-refractivity contribution in [1.82, 2.24) is 9.13 Å². The molecule has 4 nitrogen and oxygen atoms in total. The van der Waals surface area contributed by atoms with Crippen molar-refractivity contribution >= 4 is 72.0 Å². The normalized spacial score (nSPS) is 10.3. The minimum absolute atomic E-state index is 0.794. The lowest BCUT2D eigenvalue weighted by Gasteiger charge is -2.33. The second-order valence-electron chi connectivity index (χ2n) is 16.2. The van der Waals surface area contributed by atoms with Gasteiger partial charge in [-0.1, -0.05) is 288 Å². The second-order valence-corrected chi connectivity index (χ2v) is 16.2. The molecule has 9 aromatic carbocycles. The predicted octanol–water partition coefficient (Wildman–Crippen LogP) is 24.1. The van der Waals surface area contributed by atoms with Gasteiger partial charge >= 0.3 is 0 Å². The van der Waals surface area contributed by atoms with E-state index in [4.69, 9.17) is 0 Å². The topological polar surface area (TPSA) is 16.3 Å². The number of para-hydroxylation sites is 9. The Kier molecular flexibility index (Phi) is 33.0. The maximum absolute atomic E-state index is 2.43. The summed E-state index contributed by atoms with van der Waals surface area (Å²) in [7, 11) is 2.14. The summed E-state index contributed by atoms with van der Waals surface area (Å²) in [5.41, 5.74) is 17.2. The lowest BCUT2D eigenvalue weighted by molar-refractivity contribution is 0.682. The standard InChI is InChI=1S/C25H18N2.C19H15N.C14H13N.9C2H6/c1-5-13-22-18(9-1)19-10-2-6-14-23(19)26(22)17-27-24-15-7-3-11-20(24)21-12-4-8-16-25(21)27;1-2-10-17(11-3-1)20-18-12-6-4-8-15(18)14-16-9-5-7-13-19(16)20;1-15-13-8-4-2-6-11(13)10-12-7-3-5-9-14(12)15;9*1-2/h1-16H,17H2;1-13H,14H2;2-9H,10H2,1H3;9*1-2H3. The van der Waals surface area contributed by atoms with E-state index in [1.807, 2.05) is 125 Å². The third-order valence-electron chi connectivity index (χ3n) is 12.6. The lowest BCUT2D eigenvalue weighted by atomic mass is 9.95. The number of fused-ring (bicyclic) bond motifs is 10. The summed E-state index contributed by atoms with van der Waals surface area (Å²) >= 11 is 0. The Labute approximate surface area is 486 Å². The van der Waals surface area contributed by atoms with Gasteiger partial charge in [0.2, 0.25) is 0 Å². The highest BCUT2D eigenvalue weighted by atomic mass is 15.2. The summed E-state index contributed by atoms with van der Waals surface area (Å²) in [6, 6.07) is 79.9. The van der Waals surface area contributed by atoms with E-state index in [0.29, 0.717) is 0 Å². The van der Waals surface area contributed by atoms with Gasteiger partial charge in [0, 0.05) is 69.9 Å². The molecular formula is C76H100N4. The summed E-state index contributed by atoms with van der Waals surface area (Å²) in [4.78, 5) is 4.63. The van der Waals surface area contributed by atoms with Crippen molar-refractivity contribution in [3.63, 3.8) is 0 Å². The van der Waals surface area contributed by atoms with Crippen molar-refractivity contribution in [3.05, 3.63) is 247 Å². The molecule has 11 aromatic rings. The van der Waals surface area contributed by atoms with Crippen LogP contribution < -0.4 is 9.80 Å². The quantitative estimate of drug-likeness (QED) is 0.175. The molecule has 0 radical (unpaired) electrons. The fourth-order valence-electron chi connectivity index (χ4n) is 9.71. The van der Waals surface area contributed by atoms with Gasteiger partial charge in [-0.15, -0.1) is 0 Å². The van der Waals surface area contributed by atoms with Crippen molar-refractivity contribution in [2.45, 2.75) is 144 Å². The monoisotopic (exact) mass is 1070 g/mol. The Morgan fingerprint density at radius 1 is 0.250 bits per heavy atom. The number of rotatable bonds is 3. The summed E-state index contributed by atoms with van der Waals surface area (Å²) < 4.78 is 4.87. The van der Waals surface area contributed by atoms with E-state index in [-0.39, 0.29) is 0 Å². The molecule has 0 amide bonds. The van der Waals surface area contributed by atoms with Crippen molar-refractivity contribution in [2.75, 3.05) is 16.8 Å². The second kappa shape index (κ2) is 38.7. The third-order valence-corrected chi connectivity index (χ3v) is 12.6. The molecule has 80 heavy (non-hydrogen) atoms. The maximum atomic E-state index is 2.43. The van der Waals surface area contributed by atoms with E-state index < -0.39 is 0 Å². The van der Waals surface area contributed by atoms with Gasteiger partial charge in [-0.2, -0.15) is 0 Å². The highest BCUT2D eigenvalue weighted by molar-refractivity contribution is 6.09. The zero-order valence-corrected chi connectivity index (χ0v) is 52.8. The van der Waals surface area contributed by atoms with E-state index in [1.165, 1.54) is 94.3 Å². The average Bonchev–Trinajstić information content (AvgIpc) is 4.10. The SMILES string of the molecule is CC.CC.CC.CC.CC.CC.CC.CC.CC.CN1c2ccccc2Cc2ccccc21.c1ccc(N2c3ccccc3Cc3ccccc32)cc1.c1ccc2c(c1)c1ccccc1n2Cn1c2ccccc2c2ccccc21. The van der Waals surface area contributed by atoms with Crippen LogP contribution >= 0.6 is 0 Å². The molecule has 0 unspecified atom stereocenters. The molecule has 2 aliphatic rings. The molecule has 13 rings (SSSR count). The number of aromatic nitrogens is 2. The van der Waals surface area contributed by atoms with Crippen LogP contribution in [0.2, 0.25) is 0 Å². The third kappa shape index (κ3) is 16.2. The molecule has 0 atom stereocenters. The van der Waals surface area contributed by atoms with Crippen LogP contribution in [0.3, 0.4) is 0 Å². The Morgan fingerprint density at radius 3 is 0.775 bits per heavy atom. The number of hydrogen-bond acceptors (Lipinski definition) is 2. The first-order valence-corrected chi connectivity index (χ1v) is 30.5. The first-order chi connectivity index (χ1) is 39.7. The van der Waals surface area contributed by atoms with E-state index >= 15 is 0 Å². The highest BCUT2D eigenvalue weighted by Gasteiger charge is 2.23. The van der Waals surface area contributed by atoms with Crippen LogP contribution in [0.25, 0.3) is 43.6 Å². The predicted molar refractivity (Wildman–Crippen MR) is 364 cm³/mol. The van der Waals surface area contributed by atoms with E-state index in [1.54, 1.807) is 0 Å². The molecule has 0 fully saturated rings. The van der Waals surface area contributed by atoms with Gasteiger partial charge < -0.3 is 18.9 Å². The molecule has 0 N–H and O–H groups in total. The van der Waals surface area contributed by atoms with Crippen LogP contribution in [0.15, 0.2) is 224 Å². The molecule has 0 spiro atoms. The smallest absolute Gasteiger partial charge is 0.100 e. The molecule has 2 aliphatic heterocycles. The molecule has 0 bridgehead atoms. The number of hydrogen-bond donors (Lipinski definition) is 0. The van der Waals surface area contributed by atoms with Gasteiger partial charge in [-0.3, -0.25) is 0 Å². The van der Waals surface area contributed by atoms with Gasteiger partial charge in [-0.05, 0) is 82.9 Å². The van der Waals surface area contributed by atoms with Gasteiger partial charge in [0.15, 0.2) is 0 Å². The summed E-state index contributed by atoms with van der Waals surface area (Å²) in [5, 5.41) is 5.26. The number of anilines is 5.